The Labute approximate surface area is 120 Å². The number of piperidine rings is 1. The molecular formula is C15H27F3N2. The van der Waals surface area contributed by atoms with E-state index >= 15 is 0 Å². The Kier molecular flexibility index (Phi) is 5.73. The van der Waals surface area contributed by atoms with Gasteiger partial charge < -0.3 is 5.32 Å². The molecule has 1 aliphatic carbocycles. The molecule has 1 saturated carbocycles. The molecular weight excluding hydrogens is 265 g/mol. The highest BCUT2D eigenvalue weighted by Gasteiger charge is 2.34. The van der Waals surface area contributed by atoms with Crippen molar-refractivity contribution in [3.8, 4) is 0 Å². The first kappa shape index (κ1) is 16.1. The van der Waals surface area contributed by atoms with Gasteiger partial charge in [0, 0.05) is 25.0 Å². The van der Waals surface area contributed by atoms with Gasteiger partial charge in [0.25, 0.3) is 0 Å². The summed E-state index contributed by atoms with van der Waals surface area (Å²) < 4.78 is 36.7. The van der Waals surface area contributed by atoms with Crippen LogP contribution in [0.15, 0.2) is 0 Å². The van der Waals surface area contributed by atoms with Gasteiger partial charge in [-0.05, 0) is 64.5 Å². The van der Waals surface area contributed by atoms with Gasteiger partial charge in [0.2, 0.25) is 0 Å². The Hall–Kier alpha value is -0.290. The zero-order valence-electron chi connectivity index (χ0n) is 12.4. The lowest BCUT2D eigenvalue weighted by Crippen LogP contribution is -2.41. The Morgan fingerprint density at radius 2 is 1.80 bits per heavy atom. The van der Waals surface area contributed by atoms with Crippen molar-refractivity contribution in [2.24, 2.45) is 5.92 Å². The molecule has 0 radical (unpaired) electrons. The van der Waals surface area contributed by atoms with Crippen molar-refractivity contribution in [3.05, 3.63) is 0 Å². The Morgan fingerprint density at radius 1 is 1.15 bits per heavy atom. The van der Waals surface area contributed by atoms with Gasteiger partial charge in [-0.15, -0.1) is 0 Å². The van der Waals surface area contributed by atoms with E-state index in [0.29, 0.717) is 18.5 Å². The molecule has 1 unspecified atom stereocenters. The van der Waals surface area contributed by atoms with Crippen LogP contribution in [0.5, 0.6) is 0 Å². The fourth-order valence-corrected chi connectivity index (χ4v) is 3.22. The number of nitrogens with zero attached hydrogens (tertiary/aromatic N) is 1. The molecule has 1 heterocycles. The average Bonchev–Trinajstić information content (AvgIpc) is 3.19. The van der Waals surface area contributed by atoms with Crippen LogP contribution >= 0.6 is 0 Å². The number of nitrogens with one attached hydrogen (secondary N) is 1. The third-order valence-electron chi connectivity index (χ3n) is 4.59. The number of hydrogen-bond acceptors (Lipinski definition) is 2. The molecule has 2 nitrogen and oxygen atoms in total. The van der Waals surface area contributed by atoms with Crippen molar-refractivity contribution < 1.29 is 13.2 Å². The van der Waals surface area contributed by atoms with Crippen LogP contribution in [-0.2, 0) is 0 Å². The summed E-state index contributed by atoms with van der Waals surface area (Å²) in [5, 5.41) is 3.37. The van der Waals surface area contributed by atoms with Crippen molar-refractivity contribution in [2.75, 3.05) is 19.6 Å². The molecule has 0 aromatic rings. The van der Waals surface area contributed by atoms with Gasteiger partial charge in [0.1, 0.15) is 0 Å². The van der Waals surface area contributed by atoms with E-state index in [2.05, 4.69) is 17.1 Å². The van der Waals surface area contributed by atoms with E-state index in [0.717, 1.165) is 25.6 Å². The molecule has 118 valence electrons. The summed E-state index contributed by atoms with van der Waals surface area (Å²) in [4.78, 5) is 2.49. The lowest BCUT2D eigenvalue weighted by Gasteiger charge is -2.34. The monoisotopic (exact) mass is 292 g/mol. The summed E-state index contributed by atoms with van der Waals surface area (Å²) >= 11 is 0. The molecule has 1 saturated heterocycles. The summed E-state index contributed by atoms with van der Waals surface area (Å²) in [5.41, 5.74) is 0. The van der Waals surface area contributed by atoms with Gasteiger partial charge >= 0.3 is 6.18 Å². The second kappa shape index (κ2) is 7.12. The molecule has 2 fully saturated rings. The lowest BCUT2D eigenvalue weighted by molar-refractivity contribution is -0.136. The summed E-state index contributed by atoms with van der Waals surface area (Å²) in [5.74, 6) is 0.724. The zero-order valence-corrected chi connectivity index (χ0v) is 12.4. The molecule has 5 heteroatoms. The minimum absolute atomic E-state index is 0.264. The SMILES string of the molecule is CC(CCCC(F)(F)F)N(CC1CCNCC1)C1CC1. The number of rotatable bonds is 7. The first-order chi connectivity index (χ1) is 9.46. The largest absolute Gasteiger partial charge is 0.389 e. The van der Waals surface area contributed by atoms with Crippen LogP contribution in [-0.4, -0.2) is 42.8 Å². The molecule has 1 atom stereocenters. The van der Waals surface area contributed by atoms with Crippen molar-refractivity contribution >= 4 is 0 Å². The van der Waals surface area contributed by atoms with Crippen LogP contribution < -0.4 is 5.32 Å². The van der Waals surface area contributed by atoms with Crippen molar-refractivity contribution in [3.63, 3.8) is 0 Å². The van der Waals surface area contributed by atoms with Crippen molar-refractivity contribution in [2.45, 2.75) is 70.1 Å². The summed E-state index contributed by atoms with van der Waals surface area (Å²) in [7, 11) is 0. The van der Waals surface area contributed by atoms with Crippen LogP contribution in [0.2, 0.25) is 0 Å². The van der Waals surface area contributed by atoms with Gasteiger partial charge in [-0.2, -0.15) is 13.2 Å². The summed E-state index contributed by atoms with van der Waals surface area (Å²) in [6.45, 7) is 5.37. The van der Waals surface area contributed by atoms with E-state index in [1.54, 1.807) is 0 Å². The summed E-state index contributed by atoms with van der Waals surface area (Å²) in [6.07, 6.45) is 1.17. The summed E-state index contributed by atoms with van der Waals surface area (Å²) in [6, 6.07) is 0.936. The predicted molar refractivity (Wildman–Crippen MR) is 74.7 cm³/mol. The van der Waals surface area contributed by atoms with Crippen molar-refractivity contribution in [1.29, 1.82) is 0 Å². The van der Waals surface area contributed by atoms with E-state index in [1.807, 2.05) is 0 Å². The second-order valence-electron chi connectivity index (χ2n) is 6.48. The van der Waals surface area contributed by atoms with Crippen LogP contribution in [0.25, 0.3) is 0 Å². The van der Waals surface area contributed by atoms with Crippen LogP contribution in [0.3, 0.4) is 0 Å². The predicted octanol–water partition coefficient (Wildman–Crippen LogP) is 3.57. The molecule has 1 aliphatic heterocycles. The highest BCUT2D eigenvalue weighted by molar-refractivity contribution is 4.89. The molecule has 0 aromatic heterocycles. The fourth-order valence-electron chi connectivity index (χ4n) is 3.22. The van der Waals surface area contributed by atoms with E-state index < -0.39 is 12.6 Å². The number of halogens is 3. The zero-order chi connectivity index (χ0) is 14.6. The molecule has 0 amide bonds. The normalized spacial score (nSPS) is 23.2. The fraction of sp³-hybridized carbons (Fsp3) is 1.00. The molecule has 1 N–H and O–H groups in total. The van der Waals surface area contributed by atoms with Gasteiger partial charge in [-0.1, -0.05) is 0 Å². The Balaban J connectivity index is 1.75. The maximum absolute atomic E-state index is 12.2. The second-order valence-corrected chi connectivity index (χ2v) is 6.48. The lowest BCUT2D eigenvalue weighted by atomic mass is 9.96. The minimum atomic E-state index is -4.00. The topological polar surface area (TPSA) is 15.3 Å². The highest BCUT2D eigenvalue weighted by atomic mass is 19.4. The van der Waals surface area contributed by atoms with E-state index in [-0.39, 0.29) is 6.42 Å². The maximum atomic E-state index is 12.2. The van der Waals surface area contributed by atoms with E-state index in [1.165, 1.54) is 25.7 Å². The molecule has 2 aliphatic rings. The Morgan fingerprint density at radius 3 is 2.35 bits per heavy atom. The van der Waals surface area contributed by atoms with E-state index in [4.69, 9.17) is 0 Å². The molecule has 20 heavy (non-hydrogen) atoms. The van der Waals surface area contributed by atoms with Gasteiger partial charge in [-0.3, -0.25) is 4.90 Å². The molecule has 2 rings (SSSR count). The minimum Gasteiger partial charge on any atom is -0.317 e. The van der Waals surface area contributed by atoms with Crippen molar-refractivity contribution in [1.82, 2.24) is 10.2 Å². The number of alkyl halides is 3. The molecule has 0 spiro atoms. The highest BCUT2D eigenvalue weighted by Crippen LogP contribution is 2.32. The average molecular weight is 292 g/mol. The van der Waals surface area contributed by atoms with Crippen LogP contribution in [0.1, 0.15) is 51.9 Å². The van der Waals surface area contributed by atoms with Gasteiger partial charge in [0.05, 0.1) is 0 Å². The number of hydrogen-bond donors (Lipinski definition) is 1. The first-order valence-electron chi connectivity index (χ1n) is 7.99. The maximum Gasteiger partial charge on any atom is 0.389 e. The standard InChI is InChI=1S/C15H27F3N2/c1-12(3-2-8-15(16,17)18)20(14-4-5-14)11-13-6-9-19-10-7-13/h12-14,19H,2-11H2,1H3. The third kappa shape index (κ3) is 5.60. The van der Waals surface area contributed by atoms with Crippen LogP contribution in [0.4, 0.5) is 13.2 Å². The molecule has 0 aromatic carbocycles. The quantitative estimate of drug-likeness (QED) is 0.771. The van der Waals surface area contributed by atoms with Gasteiger partial charge in [-0.25, -0.2) is 0 Å². The third-order valence-corrected chi connectivity index (χ3v) is 4.59. The smallest absolute Gasteiger partial charge is 0.317 e. The van der Waals surface area contributed by atoms with Crippen LogP contribution in [0, 0.1) is 5.92 Å². The van der Waals surface area contributed by atoms with E-state index in [9.17, 15) is 13.2 Å². The Bertz CT molecular complexity index is 283. The molecule has 0 bridgehead atoms. The first-order valence-corrected chi connectivity index (χ1v) is 7.99. The van der Waals surface area contributed by atoms with Gasteiger partial charge in [0.15, 0.2) is 0 Å².